The van der Waals surface area contributed by atoms with E-state index in [4.69, 9.17) is 5.73 Å². The van der Waals surface area contributed by atoms with Crippen LogP contribution in [-0.2, 0) is 4.79 Å². The molecule has 0 unspecified atom stereocenters. The molecule has 0 saturated heterocycles. The molecule has 0 aromatic rings. The Labute approximate surface area is 92.8 Å². The van der Waals surface area contributed by atoms with E-state index >= 15 is 0 Å². The summed E-state index contributed by atoms with van der Waals surface area (Å²) in [5.74, 6) is 0.863. The number of rotatable bonds is 6. The van der Waals surface area contributed by atoms with Crippen LogP contribution < -0.4 is 11.1 Å². The molecule has 1 rings (SSSR count). The van der Waals surface area contributed by atoms with Crippen LogP contribution in [0.3, 0.4) is 0 Å². The van der Waals surface area contributed by atoms with Crippen molar-refractivity contribution in [2.24, 2.45) is 11.7 Å². The summed E-state index contributed by atoms with van der Waals surface area (Å²) in [6, 6.07) is -0.307. The lowest BCUT2D eigenvalue weighted by molar-refractivity contribution is -0.122. The Balaban J connectivity index is 2.05. The van der Waals surface area contributed by atoms with Crippen molar-refractivity contribution in [3.8, 4) is 0 Å². The molecule has 0 bridgehead atoms. The highest BCUT2D eigenvalue weighted by Crippen LogP contribution is 2.26. The maximum absolute atomic E-state index is 11.5. The van der Waals surface area contributed by atoms with Gasteiger partial charge in [0.15, 0.2) is 0 Å². The molecular weight excluding hydrogens is 188 g/mol. The molecular formula is C12H24N2O. The third-order valence-corrected chi connectivity index (χ3v) is 3.26. The number of carbonyl (C=O) groups is 1. The van der Waals surface area contributed by atoms with Gasteiger partial charge in [0, 0.05) is 6.54 Å². The minimum Gasteiger partial charge on any atom is -0.355 e. The maximum Gasteiger partial charge on any atom is 0.236 e. The largest absolute Gasteiger partial charge is 0.355 e. The van der Waals surface area contributed by atoms with Gasteiger partial charge in [-0.25, -0.2) is 0 Å². The highest BCUT2D eigenvalue weighted by molar-refractivity contribution is 5.81. The van der Waals surface area contributed by atoms with Gasteiger partial charge in [-0.1, -0.05) is 39.0 Å². The summed E-state index contributed by atoms with van der Waals surface area (Å²) in [7, 11) is 0. The molecule has 3 heteroatoms. The van der Waals surface area contributed by atoms with Gasteiger partial charge in [-0.05, 0) is 18.8 Å². The van der Waals surface area contributed by atoms with Crippen LogP contribution in [0.25, 0.3) is 0 Å². The average Bonchev–Trinajstić information content (AvgIpc) is 2.71. The number of amides is 1. The van der Waals surface area contributed by atoms with Gasteiger partial charge in [0.1, 0.15) is 0 Å². The first kappa shape index (κ1) is 12.5. The van der Waals surface area contributed by atoms with E-state index in [9.17, 15) is 4.79 Å². The first-order valence-electron chi connectivity index (χ1n) is 6.27. The van der Waals surface area contributed by atoms with Crippen molar-refractivity contribution >= 4 is 5.91 Å². The Morgan fingerprint density at radius 3 is 2.73 bits per heavy atom. The van der Waals surface area contributed by atoms with Gasteiger partial charge in [-0.2, -0.15) is 0 Å². The number of nitrogens with two attached hydrogens (primary N) is 1. The third-order valence-electron chi connectivity index (χ3n) is 3.26. The summed E-state index contributed by atoms with van der Waals surface area (Å²) >= 11 is 0. The quantitative estimate of drug-likeness (QED) is 0.705. The number of carbonyl (C=O) groups excluding carboxylic acids is 1. The first-order valence-corrected chi connectivity index (χ1v) is 6.27. The van der Waals surface area contributed by atoms with Crippen LogP contribution in [-0.4, -0.2) is 18.5 Å². The lowest BCUT2D eigenvalue weighted by atomic mass is 10.0. The normalized spacial score (nSPS) is 19.1. The lowest BCUT2D eigenvalue weighted by Gasteiger charge is -2.13. The predicted molar refractivity (Wildman–Crippen MR) is 62.5 cm³/mol. The lowest BCUT2D eigenvalue weighted by Crippen LogP contribution is -2.41. The fourth-order valence-electron chi connectivity index (χ4n) is 2.27. The van der Waals surface area contributed by atoms with Gasteiger partial charge in [-0.3, -0.25) is 4.79 Å². The average molecular weight is 212 g/mol. The second-order valence-electron chi connectivity index (χ2n) is 4.63. The standard InChI is InChI=1S/C12H24N2O/c1-2-5-11(13)12(15)14-9-8-10-6-3-4-7-10/h10-11H,2-9,13H2,1H3,(H,14,15)/t11-/m0/s1. The Morgan fingerprint density at radius 2 is 2.13 bits per heavy atom. The molecule has 88 valence electrons. The van der Waals surface area contributed by atoms with Gasteiger partial charge < -0.3 is 11.1 Å². The zero-order valence-electron chi connectivity index (χ0n) is 9.80. The summed E-state index contributed by atoms with van der Waals surface area (Å²) in [5, 5.41) is 2.93. The van der Waals surface area contributed by atoms with Crippen molar-refractivity contribution < 1.29 is 4.79 Å². The van der Waals surface area contributed by atoms with Crippen molar-refractivity contribution in [3.63, 3.8) is 0 Å². The number of nitrogens with one attached hydrogen (secondary N) is 1. The van der Waals surface area contributed by atoms with E-state index in [1.165, 1.54) is 25.7 Å². The van der Waals surface area contributed by atoms with E-state index in [1.807, 2.05) is 6.92 Å². The van der Waals surface area contributed by atoms with E-state index in [-0.39, 0.29) is 11.9 Å². The van der Waals surface area contributed by atoms with Crippen molar-refractivity contribution in [2.75, 3.05) is 6.54 Å². The highest BCUT2D eigenvalue weighted by Gasteiger charge is 2.16. The summed E-state index contributed by atoms with van der Waals surface area (Å²) < 4.78 is 0. The summed E-state index contributed by atoms with van der Waals surface area (Å²) in [6.07, 6.45) is 8.31. The topological polar surface area (TPSA) is 55.1 Å². The molecule has 1 saturated carbocycles. The van der Waals surface area contributed by atoms with E-state index in [0.717, 1.165) is 31.7 Å². The Bertz CT molecular complexity index is 188. The Hall–Kier alpha value is -0.570. The number of hydrogen-bond donors (Lipinski definition) is 2. The van der Waals surface area contributed by atoms with Crippen molar-refractivity contribution in [1.82, 2.24) is 5.32 Å². The van der Waals surface area contributed by atoms with Gasteiger partial charge in [-0.15, -0.1) is 0 Å². The molecule has 1 amide bonds. The monoisotopic (exact) mass is 212 g/mol. The molecule has 0 spiro atoms. The molecule has 1 aliphatic carbocycles. The SMILES string of the molecule is CCC[C@H](N)C(=O)NCCC1CCCC1. The second kappa shape index (κ2) is 6.83. The van der Waals surface area contributed by atoms with Crippen LogP contribution in [0.1, 0.15) is 51.9 Å². The van der Waals surface area contributed by atoms with Gasteiger partial charge >= 0.3 is 0 Å². The molecule has 3 N–H and O–H groups in total. The fraction of sp³-hybridized carbons (Fsp3) is 0.917. The third kappa shape index (κ3) is 4.65. The Kier molecular flexibility index (Phi) is 5.69. The summed E-state index contributed by atoms with van der Waals surface area (Å²) in [4.78, 5) is 11.5. The summed E-state index contributed by atoms with van der Waals surface area (Å²) in [6.45, 7) is 2.85. The van der Waals surface area contributed by atoms with E-state index in [1.54, 1.807) is 0 Å². The van der Waals surface area contributed by atoms with Crippen LogP contribution in [0, 0.1) is 5.92 Å². The molecule has 1 atom stereocenters. The summed E-state index contributed by atoms with van der Waals surface area (Å²) in [5.41, 5.74) is 5.71. The fourth-order valence-corrected chi connectivity index (χ4v) is 2.27. The molecule has 1 aliphatic rings. The zero-order valence-corrected chi connectivity index (χ0v) is 9.80. The van der Waals surface area contributed by atoms with Crippen LogP contribution in [0.4, 0.5) is 0 Å². The van der Waals surface area contributed by atoms with Gasteiger partial charge in [0.2, 0.25) is 5.91 Å². The van der Waals surface area contributed by atoms with Gasteiger partial charge in [0.05, 0.1) is 6.04 Å². The van der Waals surface area contributed by atoms with E-state index < -0.39 is 0 Å². The first-order chi connectivity index (χ1) is 7.24. The predicted octanol–water partition coefficient (Wildman–Crippen LogP) is 1.81. The number of hydrogen-bond acceptors (Lipinski definition) is 2. The molecule has 3 nitrogen and oxygen atoms in total. The highest BCUT2D eigenvalue weighted by atomic mass is 16.2. The Morgan fingerprint density at radius 1 is 1.47 bits per heavy atom. The molecule has 15 heavy (non-hydrogen) atoms. The smallest absolute Gasteiger partial charge is 0.236 e. The minimum atomic E-state index is -0.307. The van der Waals surface area contributed by atoms with Crippen molar-refractivity contribution in [3.05, 3.63) is 0 Å². The molecule has 1 fully saturated rings. The van der Waals surface area contributed by atoms with E-state index in [2.05, 4.69) is 5.32 Å². The minimum absolute atomic E-state index is 0.0230. The molecule has 0 heterocycles. The molecule has 0 aromatic carbocycles. The van der Waals surface area contributed by atoms with Crippen LogP contribution in [0.15, 0.2) is 0 Å². The van der Waals surface area contributed by atoms with E-state index in [0.29, 0.717) is 0 Å². The molecule has 0 radical (unpaired) electrons. The van der Waals surface area contributed by atoms with Crippen molar-refractivity contribution in [1.29, 1.82) is 0 Å². The molecule has 0 aliphatic heterocycles. The van der Waals surface area contributed by atoms with Crippen LogP contribution in [0.5, 0.6) is 0 Å². The van der Waals surface area contributed by atoms with Crippen LogP contribution in [0.2, 0.25) is 0 Å². The van der Waals surface area contributed by atoms with Crippen molar-refractivity contribution in [2.45, 2.75) is 57.9 Å². The molecule has 0 aromatic heterocycles. The van der Waals surface area contributed by atoms with Crippen LogP contribution >= 0.6 is 0 Å². The van der Waals surface area contributed by atoms with Gasteiger partial charge in [0.25, 0.3) is 0 Å². The maximum atomic E-state index is 11.5. The second-order valence-corrected chi connectivity index (χ2v) is 4.63. The zero-order chi connectivity index (χ0) is 11.1.